The van der Waals surface area contributed by atoms with Gasteiger partial charge in [-0.15, -0.1) is 0 Å². The highest BCUT2D eigenvalue weighted by molar-refractivity contribution is 5.00. The molecule has 2 fully saturated rings. The molecule has 2 bridgehead atoms. The third-order valence-electron chi connectivity index (χ3n) is 3.99. The molecule has 2 nitrogen and oxygen atoms in total. The molecule has 2 atom stereocenters. The Balaban J connectivity index is 1.98. The highest BCUT2D eigenvalue weighted by Crippen LogP contribution is 2.39. The molecule has 0 saturated carbocycles. The summed E-state index contributed by atoms with van der Waals surface area (Å²) in [5.74, 6) is 0. The minimum absolute atomic E-state index is 0.215. The van der Waals surface area contributed by atoms with Crippen molar-refractivity contribution in [3.63, 3.8) is 0 Å². The highest BCUT2D eigenvalue weighted by atomic mass is 16.5. The number of nitrogens with one attached hydrogen (secondary N) is 1. The molecule has 82 valence electrons. The number of hydrogen-bond donors (Lipinski definition) is 1. The summed E-state index contributed by atoms with van der Waals surface area (Å²) in [5.41, 5.74) is 0.215. The van der Waals surface area contributed by atoms with E-state index in [1.807, 2.05) is 7.11 Å². The molecule has 0 aromatic rings. The van der Waals surface area contributed by atoms with E-state index in [2.05, 4.69) is 12.2 Å². The van der Waals surface area contributed by atoms with E-state index in [0.717, 1.165) is 12.1 Å². The predicted octanol–water partition coefficient (Wildman–Crippen LogP) is 2.48. The summed E-state index contributed by atoms with van der Waals surface area (Å²) in [6.07, 6.45) is 9.06. The van der Waals surface area contributed by atoms with Crippen LogP contribution in [0, 0.1) is 0 Å². The number of hydrogen-bond acceptors (Lipinski definition) is 2. The SMILES string of the molecule is CCCCC1(OC)CC2CCC(C1)N2. The summed E-state index contributed by atoms with van der Waals surface area (Å²) in [6, 6.07) is 1.48. The van der Waals surface area contributed by atoms with Crippen molar-refractivity contribution in [2.45, 2.75) is 69.6 Å². The van der Waals surface area contributed by atoms with Crippen LogP contribution in [0.25, 0.3) is 0 Å². The van der Waals surface area contributed by atoms with Crippen molar-refractivity contribution in [3.8, 4) is 0 Å². The quantitative estimate of drug-likeness (QED) is 0.747. The molecule has 0 aromatic carbocycles. The molecule has 0 radical (unpaired) electrons. The molecule has 0 aliphatic carbocycles. The van der Waals surface area contributed by atoms with Crippen LogP contribution in [0.2, 0.25) is 0 Å². The molecule has 14 heavy (non-hydrogen) atoms. The molecular weight excluding hydrogens is 174 g/mol. The van der Waals surface area contributed by atoms with E-state index < -0.39 is 0 Å². The molecule has 0 spiro atoms. The summed E-state index contributed by atoms with van der Waals surface area (Å²) < 4.78 is 5.82. The standard InChI is InChI=1S/C12H23NO/c1-3-4-7-12(14-2)8-10-5-6-11(9-12)13-10/h10-11,13H,3-9H2,1-2H3. The van der Waals surface area contributed by atoms with Gasteiger partial charge in [-0.25, -0.2) is 0 Å². The highest BCUT2D eigenvalue weighted by Gasteiger charge is 2.43. The fourth-order valence-electron chi connectivity index (χ4n) is 3.18. The van der Waals surface area contributed by atoms with Gasteiger partial charge in [0.05, 0.1) is 5.60 Å². The number of piperidine rings is 1. The average molecular weight is 197 g/mol. The van der Waals surface area contributed by atoms with Gasteiger partial charge in [-0.2, -0.15) is 0 Å². The first-order chi connectivity index (χ1) is 6.78. The minimum Gasteiger partial charge on any atom is -0.378 e. The van der Waals surface area contributed by atoms with Crippen LogP contribution in [0.3, 0.4) is 0 Å². The lowest BCUT2D eigenvalue weighted by atomic mass is 9.83. The van der Waals surface area contributed by atoms with Gasteiger partial charge in [0, 0.05) is 19.2 Å². The third-order valence-corrected chi connectivity index (χ3v) is 3.99. The first kappa shape index (κ1) is 10.4. The third kappa shape index (κ3) is 1.96. The minimum atomic E-state index is 0.215. The Morgan fingerprint density at radius 1 is 1.29 bits per heavy atom. The van der Waals surface area contributed by atoms with Gasteiger partial charge in [0.25, 0.3) is 0 Å². The molecule has 2 rings (SSSR count). The fourth-order valence-corrected chi connectivity index (χ4v) is 3.18. The van der Waals surface area contributed by atoms with Crippen LogP contribution in [-0.4, -0.2) is 24.8 Å². The molecule has 2 aliphatic rings. The summed E-state index contributed by atoms with van der Waals surface area (Å²) in [7, 11) is 1.90. The lowest BCUT2D eigenvalue weighted by molar-refractivity contribution is -0.0546. The second-order valence-corrected chi connectivity index (χ2v) is 5.04. The molecular formula is C12H23NO. The smallest absolute Gasteiger partial charge is 0.0708 e. The Labute approximate surface area is 87.4 Å². The van der Waals surface area contributed by atoms with Gasteiger partial charge >= 0.3 is 0 Å². The van der Waals surface area contributed by atoms with Gasteiger partial charge in [0.2, 0.25) is 0 Å². The maximum absolute atomic E-state index is 5.82. The monoisotopic (exact) mass is 197 g/mol. The second-order valence-electron chi connectivity index (χ2n) is 5.04. The Hall–Kier alpha value is -0.0800. The summed E-state index contributed by atoms with van der Waals surface area (Å²) in [5, 5.41) is 3.68. The Kier molecular flexibility index (Phi) is 3.13. The number of rotatable bonds is 4. The van der Waals surface area contributed by atoms with Crippen LogP contribution in [0.15, 0.2) is 0 Å². The van der Waals surface area contributed by atoms with E-state index in [-0.39, 0.29) is 5.60 Å². The van der Waals surface area contributed by atoms with Crippen molar-refractivity contribution < 1.29 is 4.74 Å². The van der Waals surface area contributed by atoms with Crippen LogP contribution in [0.4, 0.5) is 0 Å². The maximum atomic E-state index is 5.82. The maximum Gasteiger partial charge on any atom is 0.0708 e. The Morgan fingerprint density at radius 3 is 2.43 bits per heavy atom. The van der Waals surface area contributed by atoms with Gasteiger partial charge in [-0.3, -0.25) is 0 Å². The van der Waals surface area contributed by atoms with Gasteiger partial charge in [0.1, 0.15) is 0 Å². The Bertz CT molecular complexity index is 181. The molecule has 2 unspecified atom stereocenters. The predicted molar refractivity (Wildman–Crippen MR) is 58.4 cm³/mol. The lowest BCUT2D eigenvalue weighted by Gasteiger charge is -2.40. The number of unbranched alkanes of at least 4 members (excludes halogenated alkanes) is 1. The van der Waals surface area contributed by atoms with Gasteiger partial charge in [0.15, 0.2) is 0 Å². The van der Waals surface area contributed by atoms with E-state index in [0.29, 0.717) is 0 Å². The van der Waals surface area contributed by atoms with Crippen LogP contribution >= 0.6 is 0 Å². The fraction of sp³-hybridized carbons (Fsp3) is 1.00. The van der Waals surface area contributed by atoms with Crippen molar-refractivity contribution in [1.82, 2.24) is 5.32 Å². The second kappa shape index (κ2) is 4.19. The van der Waals surface area contributed by atoms with Crippen LogP contribution in [-0.2, 0) is 4.74 Å². The van der Waals surface area contributed by atoms with Gasteiger partial charge in [-0.05, 0) is 32.1 Å². The first-order valence-electron chi connectivity index (χ1n) is 6.09. The van der Waals surface area contributed by atoms with Crippen LogP contribution < -0.4 is 5.32 Å². The first-order valence-corrected chi connectivity index (χ1v) is 6.09. The molecule has 1 N–H and O–H groups in total. The zero-order chi connectivity index (χ0) is 10.0. The van der Waals surface area contributed by atoms with E-state index in [4.69, 9.17) is 4.74 Å². The largest absolute Gasteiger partial charge is 0.378 e. The van der Waals surface area contributed by atoms with E-state index >= 15 is 0 Å². The van der Waals surface area contributed by atoms with Crippen molar-refractivity contribution in [2.24, 2.45) is 0 Å². The Morgan fingerprint density at radius 2 is 1.93 bits per heavy atom. The summed E-state index contributed by atoms with van der Waals surface area (Å²) in [4.78, 5) is 0. The van der Waals surface area contributed by atoms with Crippen molar-refractivity contribution in [3.05, 3.63) is 0 Å². The van der Waals surface area contributed by atoms with Crippen molar-refractivity contribution >= 4 is 0 Å². The van der Waals surface area contributed by atoms with E-state index in [1.54, 1.807) is 0 Å². The normalized spacial score (nSPS) is 41.6. The van der Waals surface area contributed by atoms with Crippen LogP contribution in [0.1, 0.15) is 51.9 Å². The van der Waals surface area contributed by atoms with Crippen molar-refractivity contribution in [2.75, 3.05) is 7.11 Å². The molecule has 2 aliphatic heterocycles. The number of fused-ring (bicyclic) bond motifs is 2. The van der Waals surface area contributed by atoms with Crippen molar-refractivity contribution in [1.29, 1.82) is 0 Å². The summed E-state index contributed by atoms with van der Waals surface area (Å²) in [6.45, 7) is 2.26. The molecule has 2 heterocycles. The topological polar surface area (TPSA) is 21.3 Å². The molecule has 0 amide bonds. The van der Waals surface area contributed by atoms with E-state index in [9.17, 15) is 0 Å². The molecule has 2 heteroatoms. The zero-order valence-electron chi connectivity index (χ0n) is 9.51. The average Bonchev–Trinajstić information content (AvgIpc) is 2.56. The molecule has 0 aromatic heterocycles. The molecule has 2 saturated heterocycles. The lowest BCUT2D eigenvalue weighted by Crippen LogP contribution is -2.49. The number of methoxy groups -OCH3 is 1. The number of ether oxygens (including phenoxy) is 1. The van der Waals surface area contributed by atoms with E-state index in [1.165, 1.54) is 44.9 Å². The summed E-state index contributed by atoms with van der Waals surface area (Å²) >= 11 is 0. The zero-order valence-corrected chi connectivity index (χ0v) is 9.51. The van der Waals surface area contributed by atoms with Crippen LogP contribution in [0.5, 0.6) is 0 Å². The van der Waals surface area contributed by atoms with Gasteiger partial charge in [-0.1, -0.05) is 19.8 Å². The van der Waals surface area contributed by atoms with Gasteiger partial charge < -0.3 is 10.1 Å².